The molecular formula is C3H19Cl3N4. The lowest BCUT2D eigenvalue weighted by atomic mass is 10.4. The molecule has 0 rings (SSSR count). The van der Waals surface area contributed by atoms with Crippen molar-refractivity contribution in [3.05, 3.63) is 0 Å². The van der Waals surface area contributed by atoms with Crippen LogP contribution in [0.1, 0.15) is 13.3 Å². The fraction of sp³-hybridized carbons (Fsp3) is 1.00. The van der Waals surface area contributed by atoms with E-state index in [0.29, 0.717) is 0 Å². The summed E-state index contributed by atoms with van der Waals surface area (Å²) in [4.78, 5) is 0. The van der Waals surface area contributed by atoms with E-state index in [1.165, 1.54) is 0 Å². The van der Waals surface area contributed by atoms with E-state index in [-0.39, 0.29) is 55.7 Å². The average molecular weight is 218 g/mol. The van der Waals surface area contributed by atoms with Crippen LogP contribution in [-0.2, 0) is 0 Å². The van der Waals surface area contributed by atoms with Crippen molar-refractivity contribution in [2.45, 2.75) is 19.5 Å². The van der Waals surface area contributed by atoms with Crippen molar-refractivity contribution < 1.29 is 43.0 Å². The predicted molar refractivity (Wildman–Crippen MR) is 33.1 cm³/mol. The molecule has 72 valence electrons. The Bertz CT molecular complexity index is 29.7. The molecule has 0 amide bonds. The molecule has 0 aliphatic heterocycles. The highest BCUT2D eigenvalue weighted by Crippen LogP contribution is 1.65. The summed E-state index contributed by atoms with van der Waals surface area (Å²) in [5.41, 5.74) is 8.72. The van der Waals surface area contributed by atoms with E-state index in [4.69, 9.17) is 5.73 Å². The Morgan fingerprint density at radius 2 is 1.30 bits per heavy atom. The van der Waals surface area contributed by atoms with Gasteiger partial charge in [-0.2, -0.15) is 0 Å². The summed E-state index contributed by atoms with van der Waals surface area (Å²) in [5, 5.41) is 0. The summed E-state index contributed by atoms with van der Waals surface area (Å²) in [6.07, 6.45) is 1.11. The van der Waals surface area contributed by atoms with Gasteiger partial charge in [0, 0.05) is 6.42 Å². The van der Waals surface area contributed by atoms with Gasteiger partial charge in [0.2, 0.25) is 0 Å². The first kappa shape index (κ1) is 45.5. The summed E-state index contributed by atoms with van der Waals surface area (Å²) in [6, 6.07) is 0. The molecule has 1 unspecified atom stereocenters. The third-order valence-electron chi connectivity index (χ3n) is 0.524. The molecule has 0 saturated heterocycles. The molecule has 0 radical (unpaired) electrons. The SMILES string of the molecule is CCC(N)[NH3+].[Cl-].[Cl-].[Cl-].[NH4+].[NH4+]. The van der Waals surface area contributed by atoms with E-state index in [9.17, 15) is 0 Å². The molecule has 0 fully saturated rings. The lowest BCUT2D eigenvalue weighted by Crippen LogP contribution is -3.00. The normalized spacial score (nSPS) is 7.50. The summed E-state index contributed by atoms with van der Waals surface area (Å²) in [7, 11) is 0. The largest absolute Gasteiger partial charge is 1.00 e. The molecule has 0 aliphatic carbocycles. The Morgan fingerprint density at radius 1 is 1.20 bits per heavy atom. The first-order valence-electron chi connectivity index (χ1n) is 1.86. The Morgan fingerprint density at radius 3 is 1.30 bits per heavy atom. The molecule has 4 nitrogen and oxygen atoms in total. The van der Waals surface area contributed by atoms with Crippen molar-refractivity contribution in [1.82, 2.24) is 12.3 Å². The Balaban J connectivity index is -0.00000000800. The van der Waals surface area contributed by atoms with Gasteiger partial charge in [0.15, 0.2) is 0 Å². The van der Waals surface area contributed by atoms with Crippen LogP contribution in [0.5, 0.6) is 0 Å². The zero-order valence-electron chi connectivity index (χ0n) is 6.70. The number of quaternary nitrogens is 3. The summed E-state index contributed by atoms with van der Waals surface area (Å²) < 4.78 is 0. The molecule has 0 bridgehead atoms. The zero-order valence-corrected chi connectivity index (χ0v) is 8.97. The van der Waals surface area contributed by atoms with Gasteiger partial charge in [-0.3, -0.25) is 5.73 Å². The van der Waals surface area contributed by atoms with Gasteiger partial charge in [-0.15, -0.1) is 0 Å². The monoisotopic (exact) mass is 216 g/mol. The number of nitrogens with two attached hydrogens (primary N) is 1. The Labute approximate surface area is 80.9 Å². The molecule has 10 heavy (non-hydrogen) atoms. The maximum atomic E-state index is 5.18. The van der Waals surface area contributed by atoms with Gasteiger partial charge >= 0.3 is 0 Å². The fourth-order valence-electron chi connectivity index (χ4n) is 0. The van der Waals surface area contributed by atoms with Crippen molar-refractivity contribution in [3.63, 3.8) is 0 Å². The molecule has 7 heteroatoms. The smallest absolute Gasteiger partial charge is 0.135 e. The van der Waals surface area contributed by atoms with Crippen molar-refractivity contribution in [2.24, 2.45) is 5.73 Å². The second kappa shape index (κ2) is 33.2. The topological polar surface area (TPSA) is 127 Å². The van der Waals surface area contributed by atoms with E-state index >= 15 is 0 Å². The lowest BCUT2D eigenvalue weighted by Gasteiger charge is -1.88. The third kappa shape index (κ3) is 70.5. The van der Waals surface area contributed by atoms with Gasteiger partial charge < -0.3 is 55.3 Å². The van der Waals surface area contributed by atoms with Crippen LogP contribution in [-0.4, -0.2) is 6.17 Å². The molecule has 0 aromatic carbocycles. The van der Waals surface area contributed by atoms with Gasteiger partial charge in [-0.25, -0.2) is 0 Å². The molecule has 0 aromatic rings. The Hall–Kier alpha value is 0.710. The summed E-state index contributed by atoms with van der Waals surface area (Å²) in [5.74, 6) is 0. The highest BCUT2D eigenvalue weighted by molar-refractivity contribution is 4.28. The highest BCUT2D eigenvalue weighted by Gasteiger charge is 1.84. The third-order valence-corrected chi connectivity index (χ3v) is 0.524. The summed E-state index contributed by atoms with van der Waals surface area (Å²) in [6.45, 7) is 2.01. The number of halogens is 3. The van der Waals surface area contributed by atoms with Gasteiger partial charge in [0.1, 0.15) is 6.17 Å². The minimum absolute atomic E-state index is 0. The zero-order chi connectivity index (χ0) is 4.28. The highest BCUT2D eigenvalue weighted by atomic mass is 35.5. The van der Waals surface area contributed by atoms with E-state index in [1.54, 1.807) is 0 Å². The van der Waals surface area contributed by atoms with E-state index in [0.717, 1.165) is 6.42 Å². The van der Waals surface area contributed by atoms with Crippen LogP contribution in [0.4, 0.5) is 0 Å². The van der Waals surface area contributed by atoms with Crippen LogP contribution in [0.15, 0.2) is 0 Å². The lowest BCUT2D eigenvalue weighted by molar-refractivity contribution is -0.418. The van der Waals surface area contributed by atoms with Gasteiger partial charge in [-0.1, -0.05) is 6.92 Å². The van der Waals surface area contributed by atoms with Gasteiger partial charge in [-0.05, 0) is 0 Å². The average Bonchev–Trinajstić information content (AvgIpc) is 1.38. The molecule has 0 aromatic heterocycles. The number of hydrogen-bond acceptors (Lipinski definition) is 1. The minimum Gasteiger partial charge on any atom is -1.00 e. The van der Waals surface area contributed by atoms with Gasteiger partial charge in [0.25, 0.3) is 0 Å². The van der Waals surface area contributed by atoms with Crippen molar-refractivity contribution in [1.29, 1.82) is 0 Å². The van der Waals surface area contributed by atoms with Crippen LogP contribution in [0.3, 0.4) is 0 Å². The van der Waals surface area contributed by atoms with E-state index in [2.05, 4.69) is 5.73 Å². The molecule has 0 saturated carbocycles. The number of hydrogen-bond donors (Lipinski definition) is 4. The van der Waals surface area contributed by atoms with Crippen LogP contribution in [0.2, 0.25) is 0 Å². The van der Waals surface area contributed by atoms with Crippen LogP contribution < -0.4 is 61.0 Å². The molecule has 13 N–H and O–H groups in total. The maximum Gasteiger partial charge on any atom is 0.135 e. The molecule has 1 atom stereocenters. The van der Waals surface area contributed by atoms with Gasteiger partial charge in [0.05, 0.1) is 0 Å². The Kier molecular flexibility index (Phi) is 151. The quantitative estimate of drug-likeness (QED) is 0.320. The van der Waals surface area contributed by atoms with Crippen LogP contribution in [0, 0.1) is 0 Å². The predicted octanol–water partition coefficient (Wildman–Crippen LogP) is -9.31. The second-order valence-corrected chi connectivity index (χ2v) is 1.17. The minimum atomic E-state index is 0. The van der Waals surface area contributed by atoms with Crippen molar-refractivity contribution >= 4 is 0 Å². The molecule has 0 spiro atoms. The molecular weight excluding hydrogens is 198 g/mol. The van der Waals surface area contributed by atoms with E-state index in [1.807, 2.05) is 6.92 Å². The molecule has 0 heterocycles. The first-order chi connectivity index (χ1) is 2.27. The second-order valence-electron chi connectivity index (χ2n) is 1.17. The number of rotatable bonds is 1. The maximum absolute atomic E-state index is 5.18. The standard InChI is InChI=1S/C3H10N2.3ClH.2H3N/c1-2-3(4)5;;;;;/h3H,2,4-5H2,1H3;3*1H;2*1H3. The van der Waals surface area contributed by atoms with Crippen molar-refractivity contribution in [2.75, 3.05) is 0 Å². The fourth-order valence-corrected chi connectivity index (χ4v) is 0. The first-order valence-corrected chi connectivity index (χ1v) is 1.86. The van der Waals surface area contributed by atoms with E-state index < -0.39 is 0 Å². The summed E-state index contributed by atoms with van der Waals surface area (Å²) >= 11 is 0. The molecule has 0 aliphatic rings. The van der Waals surface area contributed by atoms with Crippen molar-refractivity contribution in [3.8, 4) is 0 Å². The van der Waals surface area contributed by atoms with Crippen LogP contribution >= 0.6 is 0 Å². The van der Waals surface area contributed by atoms with Crippen LogP contribution in [0.25, 0.3) is 0 Å².